The number of ether oxygens (including phenoxy) is 3. The van der Waals surface area contributed by atoms with Gasteiger partial charge in [0.05, 0.1) is 0 Å². The number of hydrogen-bond acceptors (Lipinski definition) is 6. The van der Waals surface area contributed by atoms with E-state index in [4.69, 9.17) is 14.2 Å². The van der Waals surface area contributed by atoms with E-state index in [1.54, 1.807) is 0 Å². The molecule has 0 N–H and O–H groups in total. The summed E-state index contributed by atoms with van der Waals surface area (Å²) in [7, 11) is 0. The molecule has 6 heteroatoms. The number of hydrogen-bond donors (Lipinski definition) is 0. The summed E-state index contributed by atoms with van der Waals surface area (Å²) in [5.41, 5.74) is 0. The Morgan fingerprint density at radius 2 is 0.544 bits per heavy atom. The summed E-state index contributed by atoms with van der Waals surface area (Å²) in [4.78, 5) is 37.9. The van der Waals surface area contributed by atoms with Crippen LogP contribution in [-0.4, -0.2) is 37.2 Å². The molecule has 0 saturated heterocycles. The van der Waals surface area contributed by atoms with Gasteiger partial charge in [0.1, 0.15) is 13.2 Å². The fourth-order valence-electron chi connectivity index (χ4n) is 8.55. The number of carbonyl (C=O) groups excluding carboxylic acids is 3. The lowest BCUT2D eigenvalue weighted by Crippen LogP contribution is -2.30. The van der Waals surface area contributed by atoms with Crippen LogP contribution >= 0.6 is 0 Å². The van der Waals surface area contributed by atoms with Crippen molar-refractivity contribution in [3.05, 3.63) is 48.6 Å². The molecule has 0 saturated carbocycles. The topological polar surface area (TPSA) is 78.9 Å². The second-order valence-electron chi connectivity index (χ2n) is 19.9. The Kier molecular flexibility index (Phi) is 54.8. The van der Waals surface area contributed by atoms with Crippen LogP contribution in [0.25, 0.3) is 0 Å². The molecule has 0 aliphatic carbocycles. The van der Waals surface area contributed by atoms with Gasteiger partial charge in [0.2, 0.25) is 0 Å². The molecule has 0 bridgehead atoms. The van der Waals surface area contributed by atoms with E-state index in [1.165, 1.54) is 180 Å². The molecule has 0 spiro atoms. The molecule has 0 aromatic heterocycles. The van der Waals surface area contributed by atoms with Gasteiger partial charge in [-0.1, -0.05) is 262 Å². The van der Waals surface area contributed by atoms with E-state index in [0.717, 1.165) is 89.9 Å². The zero-order chi connectivity index (χ0) is 49.3. The van der Waals surface area contributed by atoms with E-state index in [2.05, 4.69) is 69.4 Å². The average Bonchev–Trinajstić information content (AvgIpc) is 3.34. The molecule has 0 aromatic carbocycles. The van der Waals surface area contributed by atoms with Gasteiger partial charge in [-0.15, -0.1) is 0 Å². The smallest absolute Gasteiger partial charge is 0.306 e. The van der Waals surface area contributed by atoms with Gasteiger partial charge in [-0.3, -0.25) is 14.4 Å². The average molecular weight is 954 g/mol. The van der Waals surface area contributed by atoms with E-state index in [1.807, 2.05) is 0 Å². The maximum Gasteiger partial charge on any atom is 0.306 e. The van der Waals surface area contributed by atoms with Gasteiger partial charge in [-0.2, -0.15) is 0 Å². The summed E-state index contributed by atoms with van der Waals surface area (Å²) in [6.07, 6.45) is 70.0. The van der Waals surface area contributed by atoms with Crippen LogP contribution in [0.4, 0.5) is 0 Å². The normalized spacial score (nSPS) is 12.3. The predicted molar refractivity (Wildman–Crippen MR) is 293 cm³/mol. The van der Waals surface area contributed by atoms with Crippen LogP contribution in [0.1, 0.15) is 310 Å². The van der Waals surface area contributed by atoms with Crippen molar-refractivity contribution in [1.82, 2.24) is 0 Å². The zero-order valence-corrected chi connectivity index (χ0v) is 45.4. The Hall–Kier alpha value is -2.63. The van der Waals surface area contributed by atoms with Crippen molar-refractivity contribution in [1.29, 1.82) is 0 Å². The van der Waals surface area contributed by atoms with Crippen LogP contribution in [0.15, 0.2) is 48.6 Å². The Morgan fingerprint density at radius 1 is 0.294 bits per heavy atom. The largest absolute Gasteiger partial charge is 0.462 e. The van der Waals surface area contributed by atoms with E-state index in [9.17, 15) is 14.4 Å². The third-order valence-electron chi connectivity index (χ3n) is 13.1. The quantitative estimate of drug-likeness (QED) is 0.0262. The number of rotatable bonds is 54. The van der Waals surface area contributed by atoms with Crippen molar-refractivity contribution in [3.63, 3.8) is 0 Å². The third-order valence-corrected chi connectivity index (χ3v) is 13.1. The standard InChI is InChI=1S/C62H112O6/c1-4-7-10-13-16-18-20-22-24-25-26-27-28-29-30-31-32-33-34-35-36-37-38-40-41-43-46-49-52-55-61(64)67-58-59(57-66-60(63)54-51-48-45-15-12-9-6-3)68-62(65)56-53-50-47-44-42-39-23-21-19-17-14-11-8-5-2/h14,17,20-23,25-26,59H,4-13,15-16,18-19,24,27-58H2,1-3H3/b17-14-,22-20-,23-21-,26-25-. The second-order valence-corrected chi connectivity index (χ2v) is 19.9. The van der Waals surface area contributed by atoms with E-state index >= 15 is 0 Å². The number of esters is 3. The maximum atomic E-state index is 12.8. The van der Waals surface area contributed by atoms with Crippen molar-refractivity contribution in [2.45, 2.75) is 316 Å². The molecule has 0 fully saturated rings. The molecule has 0 aliphatic rings. The molecule has 0 heterocycles. The molecule has 1 unspecified atom stereocenters. The summed E-state index contributed by atoms with van der Waals surface area (Å²) in [6, 6.07) is 0. The minimum Gasteiger partial charge on any atom is -0.462 e. The van der Waals surface area contributed by atoms with Gasteiger partial charge in [-0.05, 0) is 77.0 Å². The summed E-state index contributed by atoms with van der Waals surface area (Å²) < 4.78 is 16.8. The molecule has 396 valence electrons. The van der Waals surface area contributed by atoms with Crippen LogP contribution < -0.4 is 0 Å². The van der Waals surface area contributed by atoms with Gasteiger partial charge in [-0.25, -0.2) is 0 Å². The first-order chi connectivity index (χ1) is 33.5. The number of unbranched alkanes of at least 4 members (excludes halogenated alkanes) is 35. The molecular formula is C62H112O6. The van der Waals surface area contributed by atoms with Crippen molar-refractivity contribution >= 4 is 17.9 Å². The highest BCUT2D eigenvalue weighted by Crippen LogP contribution is 2.16. The minimum atomic E-state index is -0.775. The van der Waals surface area contributed by atoms with Gasteiger partial charge in [0.15, 0.2) is 6.10 Å². The monoisotopic (exact) mass is 953 g/mol. The van der Waals surface area contributed by atoms with Gasteiger partial charge in [0.25, 0.3) is 0 Å². The van der Waals surface area contributed by atoms with Crippen LogP contribution in [0.2, 0.25) is 0 Å². The Labute approximate surface area is 422 Å². The SMILES string of the molecule is CCCC/C=C\C/C=C\CCCCCCCC(=O)OC(COC(=O)CCCCCCCCC)COC(=O)CCCCCCCCCCCCCCCCCCC/C=C\C/C=C\CCCCCCC. The first-order valence-corrected chi connectivity index (χ1v) is 29.6. The molecule has 0 amide bonds. The molecule has 6 nitrogen and oxygen atoms in total. The molecule has 1 atom stereocenters. The fraction of sp³-hybridized carbons (Fsp3) is 0.823. The Bertz CT molecular complexity index is 1190. The van der Waals surface area contributed by atoms with Gasteiger partial charge >= 0.3 is 17.9 Å². The van der Waals surface area contributed by atoms with Crippen LogP contribution in [-0.2, 0) is 28.6 Å². The van der Waals surface area contributed by atoms with E-state index < -0.39 is 6.10 Å². The molecule has 0 rings (SSSR count). The number of allylic oxidation sites excluding steroid dienone is 8. The summed E-state index contributed by atoms with van der Waals surface area (Å²) in [5, 5.41) is 0. The summed E-state index contributed by atoms with van der Waals surface area (Å²) >= 11 is 0. The lowest BCUT2D eigenvalue weighted by Gasteiger charge is -2.18. The van der Waals surface area contributed by atoms with Crippen molar-refractivity contribution in [2.75, 3.05) is 13.2 Å². The highest BCUT2D eigenvalue weighted by atomic mass is 16.6. The maximum absolute atomic E-state index is 12.8. The Morgan fingerprint density at radius 3 is 0.853 bits per heavy atom. The van der Waals surface area contributed by atoms with E-state index in [0.29, 0.717) is 19.3 Å². The van der Waals surface area contributed by atoms with Crippen LogP contribution in [0.3, 0.4) is 0 Å². The highest BCUT2D eigenvalue weighted by molar-refractivity contribution is 5.71. The first kappa shape index (κ1) is 65.4. The summed E-state index contributed by atoms with van der Waals surface area (Å²) in [6.45, 7) is 6.56. The van der Waals surface area contributed by atoms with Crippen molar-refractivity contribution < 1.29 is 28.6 Å². The fourth-order valence-corrected chi connectivity index (χ4v) is 8.55. The second kappa shape index (κ2) is 57.0. The molecule has 0 radical (unpaired) electrons. The number of carbonyl (C=O) groups is 3. The van der Waals surface area contributed by atoms with Gasteiger partial charge in [0, 0.05) is 19.3 Å². The van der Waals surface area contributed by atoms with Crippen molar-refractivity contribution in [2.24, 2.45) is 0 Å². The molecule has 0 aliphatic heterocycles. The first-order valence-electron chi connectivity index (χ1n) is 29.6. The molecular weight excluding hydrogens is 841 g/mol. The highest BCUT2D eigenvalue weighted by Gasteiger charge is 2.19. The third kappa shape index (κ3) is 54.3. The van der Waals surface area contributed by atoms with E-state index in [-0.39, 0.29) is 31.1 Å². The Balaban J connectivity index is 4.04. The minimum absolute atomic E-state index is 0.0758. The lowest BCUT2D eigenvalue weighted by molar-refractivity contribution is -0.167. The van der Waals surface area contributed by atoms with Crippen LogP contribution in [0, 0.1) is 0 Å². The molecule has 0 aromatic rings. The lowest BCUT2D eigenvalue weighted by atomic mass is 10.0. The van der Waals surface area contributed by atoms with Crippen LogP contribution in [0.5, 0.6) is 0 Å². The zero-order valence-electron chi connectivity index (χ0n) is 45.4. The summed E-state index contributed by atoms with van der Waals surface area (Å²) in [5.74, 6) is -0.885. The molecule has 68 heavy (non-hydrogen) atoms. The predicted octanol–water partition coefficient (Wildman–Crippen LogP) is 19.8. The van der Waals surface area contributed by atoms with Gasteiger partial charge < -0.3 is 14.2 Å². The van der Waals surface area contributed by atoms with Crippen molar-refractivity contribution in [3.8, 4) is 0 Å².